The number of rotatable bonds is 2. The Kier molecular flexibility index (Phi) is 2.48. The van der Waals surface area contributed by atoms with Crippen molar-refractivity contribution in [2.75, 3.05) is 5.73 Å². The lowest BCUT2D eigenvalue weighted by molar-refractivity contribution is -0.384. The first kappa shape index (κ1) is 11.6. The highest BCUT2D eigenvalue weighted by atomic mass is 19.1. The van der Waals surface area contributed by atoms with Crippen molar-refractivity contribution in [1.82, 2.24) is 9.78 Å². The number of benzene rings is 1. The van der Waals surface area contributed by atoms with E-state index in [0.29, 0.717) is 12.8 Å². The molecular formula is C12H11FN4O2. The highest BCUT2D eigenvalue weighted by molar-refractivity contribution is 5.52. The lowest BCUT2D eigenvalue weighted by atomic mass is 10.1. The van der Waals surface area contributed by atoms with Gasteiger partial charge < -0.3 is 5.73 Å². The van der Waals surface area contributed by atoms with Crippen molar-refractivity contribution in [2.45, 2.75) is 18.9 Å². The van der Waals surface area contributed by atoms with Crippen molar-refractivity contribution >= 4 is 11.5 Å². The van der Waals surface area contributed by atoms with Crippen molar-refractivity contribution in [3.63, 3.8) is 0 Å². The molecule has 2 N–H and O–H groups in total. The van der Waals surface area contributed by atoms with Crippen LogP contribution < -0.4 is 5.73 Å². The number of hydrogen-bond donors (Lipinski definition) is 1. The van der Waals surface area contributed by atoms with E-state index in [4.69, 9.17) is 5.73 Å². The van der Waals surface area contributed by atoms with Crippen LogP contribution in [0.2, 0.25) is 0 Å². The number of nitrogen functional groups attached to an aromatic ring is 1. The van der Waals surface area contributed by atoms with Gasteiger partial charge in [-0.05, 0) is 36.1 Å². The summed E-state index contributed by atoms with van der Waals surface area (Å²) in [5.74, 6) is -0.244. The third-order valence-electron chi connectivity index (χ3n) is 3.46. The molecule has 1 unspecified atom stereocenters. The van der Waals surface area contributed by atoms with Crippen molar-refractivity contribution in [1.29, 1.82) is 0 Å². The zero-order valence-corrected chi connectivity index (χ0v) is 9.91. The largest absolute Gasteiger partial charge is 0.378 e. The standard InChI is InChI=1S/C12H11FN4O2/c13-8-2-3-9-7(5-8)1-4-10(9)16-12(14)11(6-15-16)17(18)19/h2-3,5-6,10H,1,4,14H2. The van der Waals surface area contributed by atoms with Crippen LogP contribution >= 0.6 is 0 Å². The molecule has 0 bridgehead atoms. The minimum Gasteiger partial charge on any atom is -0.378 e. The van der Waals surface area contributed by atoms with Crippen LogP contribution in [-0.4, -0.2) is 14.7 Å². The predicted octanol–water partition coefficient (Wildman–Crippen LogP) is 2.05. The Bertz CT molecular complexity index is 668. The first-order valence-corrected chi connectivity index (χ1v) is 5.83. The molecule has 98 valence electrons. The number of nitro groups is 1. The van der Waals surface area contributed by atoms with Gasteiger partial charge in [0.15, 0.2) is 0 Å². The maximum Gasteiger partial charge on any atom is 0.330 e. The molecule has 0 aliphatic heterocycles. The van der Waals surface area contributed by atoms with Crippen molar-refractivity contribution in [3.05, 3.63) is 51.5 Å². The van der Waals surface area contributed by atoms with Crippen LogP contribution in [0, 0.1) is 15.9 Å². The Balaban J connectivity index is 2.04. The second-order valence-electron chi connectivity index (χ2n) is 4.51. The molecule has 1 aliphatic carbocycles. The number of aryl methyl sites for hydroxylation is 1. The van der Waals surface area contributed by atoms with Gasteiger partial charge in [-0.25, -0.2) is 9.07 Å². The highest BCUT2D eigenvalue weighted by Gasteiger charge is 2.29. The summed E-state index contributed by atoms with van der Waals surface area (Å²) in [6, 6.07) is 4.40. The fraction of sp³-hybridized carbons (Fsp3) is 0.250. The maximum atomic E-state index is 13.1. The number of hydrogen-bond acceptors (Lipinski definition) is 4. The van der Waals surface area contributed by atoms with Crippen LogP contribution in [0.5, 0.6) is 0 Å². The summed E-state index contributed by atoms with van der Waals surface area (Å²) < 4.78 is 14.6. The zero-order valence-electron chi connectivity index (χ0n) is 9.91. The molecule has 0 saturated carbocycles. The van der Waals surface area contributed by atoms with Crippen LogP contribution in [0.1, 0.15) is 23.6 Å². The first-order chi connectivity index (χ1) is 9.08. The molecule has 3 rings (SSSR count). The van der Waals surface area contributed by atoms with E-state index in [1.54, 1.807) is 6.07 Å². The molecule has 2 aromatic rings. The number of fused-ring (bicyclic) bond motifs is 1. The summed E-state index contributed by atoms with van der Waals surface area (Å²) in [5.41, 5.74) is 7.38. The van der Waals surface area contributed by atoms with Gasteiger partial charge in [0.25, 0.3) is 0 Å². The van der Waals surface area contributed by atoms with Gasteiger partial charge >= 0.3 is 5.69 Å². The van der Waals surface area contributed by atoms with Crippen molar-refractivity contribution in [2.24, 2.45) is 0 Å². The molecule has 0 spiro atoms. The summed E-state index contributed by atoms with van der Waals surface area (Å²) in [5, 5.41) is 14.8. The Morgan fingerprint density at radius 2 is 2.32 bits per heavy atom. The average Bonchev–Trinajstić information content (AvgIpc) is 2.91. The van der Waals surface area contributed by atoms with E-state index < -0.39 is 4.92 Å². The molecule has 19 heavy (non-hydrogen) atoms. The third-order valence-corrected chi connectivity index (χ3v) is 3.46. The Morgan fingerprint density at radius 3 is 3.00 bits per heavy atom. The highest BCUT2D eigenvalue weighted by Crippen LogP contribution is 2.37. The van der Waals surface area contributed by atoms with Crippen molar-refractivity contribution < 1.29 is 9.31 Å². The summed E-state index contributed by atoms with van der Waals surface area (Å²) in [6.07, 6.45) is 2.57. The molecule has 1 aliphatic rings. The number of aromatic nitrogens is 2. The summed E-state index contributed by atoms with van der Waals surface area (Å²) in [4.78, 5) is 10.2. The van der Waals surface area contributed by atoms with Gasteiger partial charge in [-0.15, -0.1) is 0 Å². The van der Waals surface area contributed by atoms with Crippen LogP contribution in [0.25, 0.3) is 0 Å². The molecule has 1 heterocycles. The normalized spacial score (nSPS) is 17.4. The summed E-state index contributed by atoms with van der Waals surface area (Å²) in [7, 11) is 0. The first-order valence-electron chi connectivity index (χ1n) is 5.83. The van der Waals surface area contributed by atoms with E-state index >= 15 is 0 Å². The Hall–Kier alpha value is -2.44. The smallest absolute Gasteiger partial charge is 0.330 e. The van der Waals surface area contributed by atoms with E-state index in [0.717, 1.165) is 17.3 Å². The van der Waals surface area contributed by atoms with Crippen LogP contribution in [0.3, 0.4) is 0 Å². The Morgan fingerprint density at radius 1 is 1.53 bits per heavy atom. The lowest BCUT2D eigenvalue weighted by Gasteiger charge is -2.13. The van der Waals surface area contributed by atoms with E-state index in [9.17, 15) is 14.5 Å². The van der Waals surface area contributed by atoms with Gasteiger partial charge in [-0.2, -0.15) is 5.10 Å². The fourth-order valence-electron chi connectivity index (χ4n) is 2.57. The molecule has 0 radical (unpaired) electrons. The number of halogens is 1. The molecule has 6 nitrogen and oxygen atoms in total. The molecule has 0 amide bonds. The van der Waals surface area contributed by atoms with Crippen LogP contribution in [-0.2, 0) is 6.42 Å². The van der Waals surface area contributed by atoms with E-state index in [-0.39, 0.29) is 23.4 Å². The van der Waals surface area contributed by atoms with E-state index in [1.807, 2.05) is 0 Å². The molecule has 1 aromatic carbocycles. The van der Waals surface area contributed by atoms with Gasteiger partial charge in [0, 0.05) is 0 Å². The van der Waals surface area contributed by atoms with Gasteiger partial charge in [0.1, 0.15) is 12.0 Å². The van der Waals surface area contributed by atoms with Crippen molar-refractivity contribution in [3.8, 4) is 0 Å². The second kappa shape index (κ2) is 4.04. The fourth-order valence-corrected chi connectivity index (χ4v) is 2.57. The summed E-state index contributed by atoms with van der Waals surface area (Å²) >= 11 is 0. The number of anilines is 1. The lowest BCUT2D eigenvalue weighted by Crippen LogP contribution is -2.12. The molecule has 0 fully saturated rings. The van der Waals surface area contributed by atoms with Crippen LogP contribution in [0.15, 0.2) is 24.4 Å². The quantitative estimate of drug-likeness (QED) is 0.662. The van der Waals surface area contributed by atoms with Gasteiger partial charge in [0.2, 0.25) is 5.82 Å². The summed E-state index contributed by atoms with van der Waals surface area (Å²) in [6.45, 7) is 0. The predicted molar refractivity (Wildman–Crippen MR) is 66.2 cm³/mol. The van der Waals surface area contributed by atoms with E-state index in [2.05, 4.69) is 5.10 Å². The Labute approximate surface area is 107 Å². The SMILES string of the molecule is Nc1c([N+](=O)[O-])cnn1C1CCc2cc(F)ccc21. The number of nitrogens with two attached hydrogens (primary N) is 1. The number of nitrogens with zero attached hydrogens (tertiary/aromatic N) is 3. The maximum absolute atomic E-state index is 13.1. The molecular weight excluding hydrogens is 251 g/mol. The van der Waals surface area contributed by atoms with E-state index in [1.165, 1.54) is 16.8 Å². The molecule has 0 saturated heterocycles. The molecule has 7 heteroatoms. The third kappa shape index (κ3) is 1.74. The van der Waals surface area contributed by atoms with Gasteiger partial charge in [-0.1, -0.05) is 6.07 Å². The average molecular weight is 262 g/mol. The second-order valence-corrected chi connectivity index (χ2v) is 4.51. The topological polar surface area (TPSA) is 87.0 Å². The minimum atomic E-state index is -0.556. The molecule has 1 atom stereocenters. The van der Waals surface area contributed by atoms with Crippen LogP contribution in [0.4, 0.5) is 15.9 Å². The molecule has 1 aromatic heterocycles. The monoisotopic (exact) mass is 262 g/mol. The minimum absolute atomic E-state index is 0.0344. The zero-order chi connectivity index (χ0) is 13.6. The van der Waals surface area contributed by atoms with Gasteiger partial charge in [0.05, 0.1) is 11.0 Å². The van der Waals surface area contributed by atoms with Gasteiger partial charge in [-0.3, -0.25) is 10.1 Å².